The molecule has 0 atom stereocenters. The summed E-state index contributed by atoms with van der Waals surface area (Å²) < 4.78 is 40.5. The van der Waals surface area contributed by atoms with Gasteiger partial charge in [0.2, 0.25) is 0 Å². The Hall–Kier alpha value is -0.690. The summed E-state index contributed by atoms with van der Waals surface area (Å²) in [7, 11) is -2.43. The molecule has 0 aliphatic heterocycles. The molecule has 0 fully saturated rings. The van der Waals surface area contributed by atoms with Crippen molar-refractivity contribution in [2.75, 3.05) is 19.5 Å². The van der Waals surface area contributed by atoms with E-state index in [2.05, 4.69) is 0 Å². The Kier molecular flexibility index (Phi) is 6.88. The van der Waals surface area contributed by atoms with E-state index in [4.69, 9.17) is 37.2 Å². The molecule has 1 rings (SSSR count). The second-order valence-electron chi connectivity index (χ2n) is 4.03. The molecule has 0 spiro atoms. The van der Waals surface area contributed by atoms with Gasteiger partial charge in [-0.25, -0.2) is 0 Å². The molecule has 0 radical (unpaired) electrons. The highest BCUT2D eigenvalue weighted by Crippen LogP contribution is 2.31. The van der Waals surface area contributed by atoms with Crippen LogP contribution < -0.4 is 9.47 Å². The Morgan fingerprint density at radius 3 is 2.20 bits per heavy atom. The van der Waals surface area contributed by atoms with Gasteiger partial charge in [0, 0.05) is 11.1 Å². The van der Waals surface area contributed by atoms with Gasteiger partial charge >= 0.3 is 0 Å². The summed E-state index contributed by atoms with van der Waals surface area (Å²) >= 11 is 11.7. The Balaban J connectivity index is 2.78. The van der Waals surface area contributed by atoms with E-state index in [1.807, 2.05) is 0 Å². The molecule has 1 N–H and O–H groups in total. The lowest BCUT2D eigenvalue weighted by Gasteiger charge is -2.14. The van der Waals surface area contributed by atoms with Gasteiger partial charge in [0.05, 0.1) is 31.2 Å². The lowest BCUT2D eigenvalue weighted by atomic mass is 10.1. The molecule has 0 aromatic heterocycles. The van der Waals surface area contributed by atoms with E-state index in [-0.39, 0.29) is 30.5 Å². The Labute approximate surface area is 128 Å². The van der Waals surface area contributed by atoms with Gasteiger partial charge in [-0.15, -0.1) is 23.2 Å². The highest BCUT2D eigenvalue weighted by atomic mass is 35.5. The van der Waals surface area contributed by atoms with Crippen LogP contribution in [0.1, 0.15) is 17.5 Å². The zero-order valence-corrected chi connectivity index (χ0v) is 13.3. The van der Waals surface area contributed by atoms with Crippen LogP contribution in [0.4, 0.5) is 0 Å². The van der Waals surface area contributed by atoms with Gasteiger partial charge in [0.25, 0.3) is 10.1 Å². The summed E-state index contributed by atoms with van der Waals surface area (Å²) in [6, 6.07) is 3.46. The molecule has 5 nitrogen and oxygen atoms in total. The van der Waals surface area contributed by atoms with Gasteiger partial charge in [0.15, 0.2) is 0 Å². The van der Waals surface area contributed by atoms with E-state index >= 15 is 0 Å². The van der Waals surface area contributed by atoms with Crippen molar-refractivity contribution in [3.8, 4) is 11.5 Å². The van der Waals surface area contributed by atoms with Gasteiger partial charge in [0.1, 0.15) is 11.5 Å². The number of hydrogen-bond acceptors (Lipinski definition) is 4. The molecule has 8 heteroatoms. The van der Waals surface area contributed by atoms with Crippen molar-refractivity contribution in [3.63, 3.8) is 0 Å². The van der Waals surface area contributed by atoms with E-state index in [9.17, 15) is 8.42 Å². The molecule has 0 aliphatic rings. The lowest BCUT2D eigenvalue weighted by molar-refractivity contribution is 0.312. The van der Waals surface area contributed by atoms with Crippen molar-refractivity contribution in [2.24, 2.45) is 0 Å². The third-order valence-electron chi connectivity index (χ3n) is 2.56. The molecule has 0 heterocycles. The molecule has 1 aromatic carbocycles. The van der Waals surface area contributed by atoms with Gasteiger partial charge in [-0.1, -0.05) is 0 Å². The topological polar surface area (TPSA) is 72.8 Å². The number of alkyl halides is 2. The van der Waals surface area contributed by atoms with E-state index < -0.39 is 10.1 Å². The molecule has 0 unspecified atom stereocenters. The standard InChI is InChI=1S/C12H16Cl2O5S/c1-18-11-5-10(8-14)12(6-9(11)7-13)19-3-2-4-20(15,16)17/h5-6H,2-4,7-8H2,1H3,(H,15,16,17). The number of benzene rings is 1. The van der Waals surface area contributed by atoms with Crippen molar-refractivity contribution in [2.45, 2.75) is 18.2 Å². The third-order valence-corrected chi connectivity index (χ3v) is 3.94. The summed E-state index contributed by atoms with van der Waals surface area (Å²) in [4.78, 5) is 0. The average Bonchev–Trinajstić information content (AvgIpc) is 2.41. The maximum absolute atomic E-state index is 10.6. The predicted octanol–water partition coefficient (Wildman–Crippen LogP) is 2.83. The summed E-state index contributed by atoms with van der Waals surface area (Å²) in [6.45, 7) is 0.151. The highest BCUT2D eigenvalue weighted by Gasteiger charge is 2.11. The van der Waals surface area contributed by atoms with Crippen LogP contribution in [0.5, 0.6) is 11.5 Å². The van der Waals surface area contributed by atoms with E-state index in [1.54, 1.807) is 12.1 Å². The van der Waals surface area contributed by atoms with Crippen LogP contribution in [0, 0.1) is 0 Å². The fourth-order valence-electron chi connectivity index (χ4n) is 1.60. The lowest BCUT2D eigenvalue weighted by Crippen LogP contribution is -2.09. The second-order valence-corrected chi connectivity index (χ2v) is 6.13. The SMILES string of the molecule is COc1cc(CCl)c(OCCCS(=O)(=O)O)cc1CCl. The van der Waals surface area contributed by atoms with Gasteiger partial charge < -0.3 is 9.47 Å². The number of methoxy groups -OCH3 is 1. The Bertz CT molecular complexity index is 545. The highest BCUT2D eigenvalue weighted by molar-refractivity contribution is 7.85. The summed E-state index contributed by atoms with van der Waals surface area (Å²) in [5.41, 5.74) is 1.48. The molecular weight excluding hydrogens is 327 g/mol. The minimum Gasteiger partial charge on any atom is -0.496 e. The fraction of sp³-hybridized carbons (Fsp3) is 0.500. The smallest absolute Gasteiger partial charge is 0.264 e. The van der Waals surface area contributed by atoms with Crippen LogP contribution in [0.2, 0.25) is 0 Å². The molecular formula is C12H16Cl2O5S. The number of halogens is 2. The Morgan fingerprint density at radius 2 is 1.70 bits per heavy atom. The second kappa shape index (κ2) is 7.93. The minimum atomic E-state index is -3.96. The molecule has 20 heavy (non-hydrogen) atoms. The zero-order chi connectivity index (χ0) is 15.2. The van der Waals surface area contributed by atoms with Crippen molar-refractivity contribution < 1.29 is 22.4 Å². The molecule has 0 amide bonds. The first kappa shape index (κ1) is 17.4. The van der Waals surface area contributed by atoms with Crippen molar-refractivity contribution >= 4 is 33.3 Å². The molecule has 1 aromatic rings. The largest absolute Gasteiger partial charge is 0.496 e. The first-order valence-corrected chi connectivity index (χ1v) is 8.48. The average molecular weight is 343 g/mol. The molecule has 0 bridgehead atoms. The number of rotatable bonds is 8. The minimum absolute atomic E-state index is 0.151. The van der Waals surface area contributed by atoms with E-state index in [0.717, 1.165) is 11.1 Å². The Morgan fingerprint density at radius 1 is 1.15 bits per heavy atom. The maximum atomic E-state index is 10.6. The van der Waals surface area contributed by atoms with Crippen LogP contribution in [0.15, 0.2) is 12.1 Å². The summed E-state index contributed by atoms with van der Waals surface area (Å²) in [6.07, 6.45) is 0.183. The van der Waals surface area contributed by atoms with Crippen LogP contribution >= 0.6 is 23.2 Å². The maximum Gasteiger partial charge on any atom is 0.264 e. The first-order valence-electron chi connectivity index (χ1n) is 5.81. The fourth-order valence-corrected chi connectivity index (χ4v) is 2.50. The molecule has 0 saturated heterocycles. The summed E-state index contributed by atoms with van der Waals surface area (Å²) in [5, 5.41) is 0. The van der Waals surface area contributed by atoms with Crippen LogP contribution in [-0.2, 0) is 21.9 Å². The van der Waals surface area contributed by atoms with Gasteiger partial charge in [-0.2, -0.15) is 8.42 Å². The molecule has 114 valence electrons. The molecule has 0 saturated carbocycles. The first-order chi connectivity index (χ1) is 9.41. The van der Waals surface area contributed by atoms with Gasteiger partial charge in [-0.3, -0.25) is 4.55 Å². The van der Waals surface area contributed by atoms with Crippen molar-refractivity contribution in [1.29, 1.82) is 0 Å². The van der Waals surface area contributed by atoms with Crippen LogP contribution in [0.3, 0.4) is 0 Å². The van der Waals surface area contributed by atoms with Crippen LogP contribution in [-0.4, -0.2) is 32.4 Å². The predicted molar refractivity (Wildman–Crippen MR) is 78.6 cm³/mol. The number of ether oxygens (including phenoxy) is 2. The zero-order valence-electron chi connectivity index (χ0n) is 10.9. The normalized spacial score (nSPS) is 11.4. The quantitative estimate of drug-likeness (QED) is 0.446. The monoisotopic (exact) mass is 342 g/mol. The third kappa shape index (κ3) is 5.36. The van der Waals surface area contributed by atoms with E-state index in [1.165, 1.54) is 7.11 Å². The van der Waals surface area contributed by atoms with E-state index in [0.29, 0.717) is 11.5 Å². The number of hydrogen-bond donors (Lipinski definition) is 1. The summed E-state index contributed by atoms with van der Waals surface area (Å²) in [5.74, 6) is 1.30. The van der Waals surface area contributed by atoms with Gasteiger partial charge in [-0.05, 0) is 18.6 Å². The van der Waals surface area contributed by atoms with Crippen molar-refractivity contribution in [3.05, 3.63) is 23.3 Å². The molecule has 0 aliphatic carbocycles. The van der Waals surface area contributed by atoms with Crippen molar-refractivity contribution in [1.82, 2.24) is 0 Å². The van der Waals surface area contributed by atoms with Crippen LogP contribution in [0.25, 0.3) is 0 Å².